The number of nitro groups is 1. The number of carbonyl (C=O) groups excluding carboxylic acids is 2. The van der Waals surface area contributed by atoms with E-state index in [9.17, 15) is 24.8 Å². The van der Waals surface area contributed by atoms with Gasteiger partial charge in [-0.1, -0.05) is 43.7 Å². The summed E-state index contributed by atoms with van der Waals surface area (Å²) in [5, 5.41) is 23.2. The average Bonchev–Trinajstić information content (AvgIpc) is 3.24. The minimum Gasteiger partial charge on any atom is -0.507 e. The highest BCUT2D eigenvalue weighted by atomic mass is 16.6. The van der Waals surface area contributed by atoms with Crippen molar-refractivity contribution in [3.8, 4) is 0 Å². The molecule has 32 heavy (non-hydrogen) atoms. The number of para-hydroxylation sites is 1. The molecule has 0 saturated carbocycles. The van der Waals surface area contributed by atoms with Crippen molar-refractivity contribution >= 4 is 34.0 Å². The number of ketones is 1. The summed E-state index contributed by atoms with van der Waals surface area (Å²) in [5.74, 6) is -1.89. The Hall–Kier alpha value is -3.94. The molecule has 1 unspecified atom stereocenters. The van der Waals surface area contributed by atoms with Crippen LogP contribution in [0.5, 0.6) is 0 Å². The number of H-pyrrole nitrogens is 1. The normalized spacial score (nSPS) is 17.9. The van der Waals surface area contributed by atoms with Gasteiger partial charge in [-0.2, -0.15) is 0 Å². The van der Waals surface area contributed by atoms with E-state index in [0.717, 1.165) is 28.6 Å². The maximum Gasteiger partial charge on any atom is 0.295 e. The summed E-state index contributed by atoms with van der Waals surface area (Å²) in [6.45, 7) is 4.21. The topological polar surface area (TPSA) is 117 Å². The number of hydrogen-bond donors (Lipinski definition) is 2. The Balaban J connectivity index is 1.97. The molecule has 164 valence electrons. The van der Waals surface area contributed by atoms with Gasteiger partial charge in [0.2, 0.25) is 0 Å². The highest BCUT2D eigenvalue weighted by Crippen LogP contribution is 2.43. The van der Waals surface area contributed by atoms with Crippen LogP contribution in [0, 0.1) is 17.0 Å². The number of amides is 1. The first kappa shape index (κ1) is 21.3. The molecule has 1 aliphatic rings. The summed E-state index contributed by atoms with van der Waals surface area (Å²) in [7, 11) is 0. The Kier molecular flexibility index (Phi) is 5.52. The van der Waals surface area contributed by atoms with Gasteiger partial charge < -0.3 is 15.0 Å². The number of nitro benzene ring substituents is 1. The Morgan fingerprint density at radius 2 is 1.94 bits per heavy atom. The molecule has 8 nitrogen and oxygen atoms in total. The molecule has 1 amide bonds. The highest BCUT2D eigenvalue weighted by Gasteiger charge is 2.47. The number of aromatic nitrogens is 1. The number of likely N-dealkylation sites (tertiary alicyclic amines) is 1. The Bertz CT molecular complexity index is 1270. The molecule has 1 atom stereocenters. The average molecular weight is 433 g/mol. The second-order valence-electron chi connectivity index (χ2n) is 7.86. The zero-order chi connectivity index (χ0) is 23.0. The molecule has 2 heterocycles. The van der Waals surface area contributed by atoms with Gasteiger partial charge in [-0.3, -0.25) is 19.7 Å². The van der Waals surface area contributed by atoms with Crippen molar-refractivity contribution in [2.45, 2.75) is 32.7 Å². The van der Waals surface area contributed by atoms with Gasteiger partial charge in [-0.05, 0) is 19.4 Å². The number of aliphatic hydroxyl groups is 1. The van der Waals surface area contributed by atoms with E-state index in [0.29, 0.717) is 13.0 Å². The molecule has 3 aromatic rings. The number of aromatic amines is 1. The minimum absolute atomic E-state index is 0.0561. The van der Waals surface area contributed by atoms with E-state index >= 15 is 0 Å². The second kappa shape index (κ2) is 8.30. The fourth-order valence-corrected chi connectivity index (χ4v) is 4.31. The lowest BCUT2D eigenvalue weighted by molar-refractivity contribution is -0.384. The van der Waals surface area contributed by atoms with E-state index in [-0.39, 0.29) is 16.8 Å². The minimum atomic E-state index is -0.794. The Morgan fingerprint density at radius 3 is 2.66 bits per heavy atom. The SMILES string of the molecule is CCCCN1C(=O)C(=O)/C(=C(/O)c2cccc([N+](=O)[O-])c2)C1c1c(C)[nH]c2ccccc12. The number of benzene rings is 2. The maximum absolute atomic E-state index is 13.1. The van der Waals surface area contributed by atoms with Gasteiger partial charge >= 0.3 is 0 Å². The summed E-state index contributed by atoms with van der Waals surface area (Å²) >= 11 is 0. The molecule has 0 radical (unpaired) electrons. The van der Waals surface area contributed by atoms with Gasteiger partial charge in [-0.25, -0.2) is 0 Å². The van der Waals surface area contributed by atoms with E-state index < -0.39 is 28.4 Å². The first-order valence-corrected chi connectivity index (χ1v) is 10.5. The van der Waals surface area contributed by atoms with Gasteiger partial charge in [0, 0.05) is 46.4 Å². The van der Waals surface area contributed by atoms with E-state index in [1.54, 1.807) is 0 Å². The van der Waals surface area contributed by atoms with Gasteiger partial charge in [-0.15, -0.1) is 0 Å². The van der Waals surface area contributed by atoms with Crippen LogP contribution in [0.15, 0.2) is 54.1 Å². The van der Waals surface area contributed by atoms with Crippen molar-refractivity contribution in [1.29, 1.82) is 0 Å². The maximum atomic E-state index is 13.1. The molecule has 1 fully saturated rings. The number of aliphatic hydroxyl groups excluding tert-OH is 1. The predicted octanol–water partition coefficient (Wildman–Crippen LogP) is 4.61. The Morgan fingerprint density at radius 1 is 1.19 bits per heavy atom. The third-order valence-corrected chi connectivity index (χ3v) is 5.84. The number of unbranched alkanes of at least 4 members (excludes halogenated alkanes) is 1. The number of aryl methyl sites for hydroxylation is 1. The first-order chi connectivity index (χ1) is 15.3. The van der Waals surface area contributed by atoms with Crippen LogP contribution in [0.1, 0.15) is 42.6 Å². The highest BCUT2D eigenvalue weighted by molar-refractivity contribution is 6.46. The zero-order valence-electron chi connectivity index (χ0n) is 17.8. The van der Waals surface area contributed by atoms with E-state index in [1.165, 1.54) is 29.2 Å². The quantitative estimate of drug-likeness (QED) is 0.194. The van der Waals surface area contributed by atoms with Crippen LogP contribution in [0.3, 0.4) is 0 Å². The summed E-state index contributed by atoms with van der Waals surface area (Å²) in [5.41, 5.74) is 2.23. The number of non-ortho nitro benzene ring substituents is 1. The van der Waals surface area contributed by atoms with Crippen LogP contribution in [0.4, 0.5) is 5.69 Å². The van der Waals surface area contributed by atoms with Gasteiger partial charge in [0.15, 0.2) is 0 Å². The predicted molar refractivity (Wildman–Crippen MR) is 120 cm³/mol. The van der Waals surface area contributed by atoms with E-state index in [1.807, 2.05) is 38.1 Å². The van der Waals surface area contributed by atoms with Gasteiger partial charge in [0.25, 0.3) is 17.4 Å². The summed E-state index contributed by atoms with van der Waals surface area (Å²) in [6.07, 6.45) is 1.52. The smallest absolute Gasteiger partial charge is 0.295 e. The largest absolute Gasteiger partial charge is 0.507 e. The summed E-state index contributed by atoms with van der Waals surface area (Å²) in [4.78, 5) is 41.5. The number of Topliss-reactive ketones (excluding diaryl/α,β-unsaturated/α-hetero) is 1. The third-order valence-electron chi connectivity index (χ3n) is 5.84. The molecule has 4 rings (SSSR count). The molecule has 1 saturated heterocycles. The molecule has 0 aliphatic carbocycles. The molecule has 0 spiro atoms. The molecule has 2 aromatic carbocycles. The summed E-state index contributed by atoms with van der Waals surface area (Å²) in [6, 6.07) is 12.2. The van der Waals surface area contributed by atoms with Crippen molar-refractivity contribution < 1.29 is 19.6 Å². The molecule has 0 bridgehead atoms. The van der Waals surface area contributed by atoms with E-state index in [4.69, 9.17) is 0 Å². The molecule has 1 aliphatic heterocycles. The van der Waals surface area contributed by atoms with Crippen molar-refractivity contribution in [2.24, 2.45) is 0 Å². The van der Waals surface area contributed by atoms with Crippen molar-refractivity contribution in [2.75, 3.05) is 6.54 Å². The lowest BCUT2D eigenvalue weighted by atomic mass is 9.93. The van der Waals surface area contributed by atoms with Crippen LogP contribution in [0.2, 0.25) is 0 Å². The number of nitrogens with zero attached hydrogens (tertiary/aromatic N) is 2. The van der Waals surface area contributed by atoms with Gasteiger partial charge in [0.1, 0.15) is 5.76 Å². The molecular weight excluding hydrogens is 410 g/mol. The molecular formula is C24H23N3O5. The van der Waals surface area contributed by atoms with Crippen molar-refractivity contribution in [1.82, 2.24) is 9.88 Å². The second-order valence-corrected chi connectivity index (χ2v) is 7.86. The lowest BCUT2D eigenvalue weighted by Gasteiger charge is -2.25. The standard InChI is InChI=1S/C24H23N3O5/c1-3-4-12-26-21(19-14(2)25-18-11-6-5-10-17(18)19)20(23(29)24(26)30)22(28)15-8-7-9-16(13-15)27(31)32/h5-11,13,21,25,28H,3-4,12H2,1-2H3/b22-20+. The van der Waals surface area contributed by atoms with E-state index in [2.05, 4.69) is 4.98 Å². The molecule has 1 aromatic heterocycles. The number of rotatable bonds is 6. The van der Waals surface area contributed by atoms with Crippen LogP contribution in [-0.4, -0.2) is 38.1 Å². The monoisotopic (exact) mass is 433 g/mol. The van der Waals surface area contributed by atoms with Crippen LogP contribution < -0.4 is 0 Å². The number of carbonyl (C=O) groups is 2. The van der Waals surface area contributed by atoms with Crippen LogP contribution in [0.25, 0.3) is 16.7 Å². The molecule has 2 N–H and O–H groups in total. The fourth-order valence-electron chi connectivity index (χ4n) is 4.31. The number of fused-ring (bicyclic) bond motifs is 1. The van der Waals surface area contributed by atoms with Crippen LogP contribution >= 0.6 is 0 Å². The number of hydrogen-bond acceptors (Lipinski definition) is 5. The fraction of sp³-hybridized carbons (Fsp3) is 0.250. The third kappa shape index (κ3) is 3.43. The molecule has 8 heteroatoms. The zero-order valence-corrected chi connectivity index (χ0v) is 17.8. The van der Waals surface area contributed by atoms with Crippen molar-refractivity contribution in [3.05, 3.63) is 81.0 Å². The van der Waals surface area contributed by atoms with Gasteiger partial charge in [0.05, 0.1) is 16.5 Å². The number of nitrogens with one attached hydrogen (secondary N) is 1. The lowest BCUT2D eigenvalue weighted by Crippen LogP contribution is -2.30. The van der Waals surface area contributed by atoms with Crippen LogP contribution in [-0.2, 0) is 9.59 Å². The Labute approximate surface area is 184 Å². The summed E-state index contributed by atoms with van der Waals surface area (Å²) < 4.78 is 0. The first-order valence-electron chi connectivity index (χ1n) is 10.5. The van der Waals surface area contributed by atoms with Crippen molar-refractivity contribution in [3.63, 3.8) is 0 Å².